The first-order chi connectivity index (χ1) is 13.5. The molecule has 3 rings (SSSR count). The number of hydrogen-bond donors (Lipinski definition) is 2. The molecule has 160 valence electrons. The third-order valence-electron chi connectivity index (χ3n) is 6.94. The number of phenolic OH excluding ortho intramolecular Hbond substituents is 1. The van der Waals surface area contributed by atoms with Crippen LogP contribution in [0.1, 0.15) is 96.3 Å². The molecule has 0 saturated carbocycles. The zero-order valence-corrected chi connectivity index (χ0v) is 18.8. The summed E-state index contributed by atoms with van der Waals surface area (Å²) in [5.74, 6) is 0.231. The molecule has 0 spiro atoms. The van der Waals surface area contributed by atoms with E-state index in [1.54, 1.807) is 13.8 Å². The van der Waals surface area contributed by atoms with E-state index < -0.39 is 11.4 Å². The van der Waals surface area contributed by atoms with Crippen LogP contribution in [0.3, 0.4) is 0 Å². The van der Waals surface area contributed by atoms with Gasteiger partial charge in [-0.25, -0.2) is 0 Å². The number of aryl methyl sites for hydroxylation is 1. The van der Waals surface area contributed by atoms with Crippen molar-refractivity contribution < 1.29 is 19.7 Å². The molecule has 4 nitrogen and oxygen atoms in total. The molecule has 0 unspecified atom stereocenters. The quantitative estimate of drug-likeness (QED) is 0.447. The van der Waals surface area contributed by atoms with Gasteiger partial charge < -0.3 is 14.9 Å². The molecular weight excluding hydrogens is 364 g/mol. The van der Waals surface area contributed by atoms with Crippen LogP contribution in [0.15, 0.2) is 17.7 Å². The van der Waals surface area contributed by atoms with Gasteiger partial charge in [-0.15, -0.1) is 0 Å². The number of benzene rings is 1. The third-order valence-corrected chi connectivity index (χ3v) is 6.94. The van der Waals surface area contributed by atoms with E-state index in [2.05, 4.69) is 33.8 Å². The van der Waals surface area contributed by atoms with Crippen LogP contribution in [0.2, 0.25) is 0 Å². The van der Waals surface area contributed by atoms with Crippen LogP contribution in [0, 0.1) is 5.92 Å². The number of unbranched alkanes of at least 4 members (excludes halogenated alkanes) is 2. The van der Waals surface area contributed by atoms with Crippen LogP contribution in [0.4, 0.5) is 0 Å². The number of carboxylic acid groups (broad SMARTS) is 1. The molecule has 0 saturated heterocycles. The molecule has 0 fully saturated rings. The van der Waals surface area contributed by atoms with Gasteiger partial charge in [0.1, 0.15) is 17.1 Å². The van der Waals surface area contributed by atoms with E-state index in [4.69, 9.17) is 4.74 Å². The summed E-state index contributed by atoms with van der Waals surface area (Å²) < 4.78 is 6.44. The minimum absolute atomic E-state index is 0.0514. The Bertz CT molecular complexity index is 832. The summed E-state index contributed by atoms with van der Waals surface area (Å²) in [6.07, 6.45) is 8.17. The van der Waals surface area contributed by atoms with Crippen molar-refractivity contribution in [1.82, 2.24) is 0 Å². The topological polar surface area (TPSA) is 66.8 Å². The molecule has 0 aromatic heterocycles. The molecule has 0 radical (unpaired) electrons. The Labute approximate surface area is 175 Å². The Morgan fingerprint density at radius 2 is 2.00 bits per heavy atom. The molecule has 1 aliphatic carbocycles. The molecule has 1 aromatic rings. The summed E-state index contributed by atoms with van der Waals surface area (Å²) in [5.41, 5.74) is 2.05. The fraction of sp³-hybridized carbons (Fsp3) is 0.640. The van der Waals surface area contributed by atoms with Crippen LogP contribution >= 0.6 is 0 Å². The number of rotatable bonds is 6. The zero-order chi connectivity index (χ0) is 21.6. The number of ether oxygens (including phenoxy) is 1. The molecule has 1 aromatic carbocycles. The lowest BCUT2D eigenvalue weighted by molar-refractivity contribution is -0.142. The Morgan fingerprint density at radius 3 is 2.62 bits per heavy atom. The molecule has 1 aliphatic heterocycles. The van der Waals surface area contributed by atoms with E-state index in [1.165, 1.54) is 5.57 Å². The van der Waals surface area contributed by atoms with E-state index in [1.807, 2.05) is 6.07 Å². The maximum Gasteiger partial charge on any atom is 0.313 e. The zero-order valence-electron chi connectivity index (χ0n) is 18.8. The molecule has 1 heterocycles. The number of carboxylic acids is 1. The second kappa shape index (κ2) is 7.70. The van der Waals surface area contributed by atoms with E-state index in [0.29, 0.717) is 5.56 Å². The van der Waals surface area contributed by atoms with Gasteiger partial charge in [0.25, 0.3) is 0 Å². The van der Waals surface area contributed by atoms with Crippen molar-refractivity contribution in [3.8, 4) is 11.5 Å². The average molecular weight is 401 g/mol. The van der Waals surface area contributed by atoms with Crippen molar-refractivity contribution in [2.24, 2.45) is 5.92 Å². The predicted octanol–water partition coefficient (Wildman–Crippen LogP) is 6.10. The van der Waals surface area contributed by atoms with Gasteiger partial charge >= 0.3 is 5.97 Å². The Hall–Kier alpha value is -1.97. The number of aromatic hydroxyl groups is 1. The number of allylic oxidation sites excluding steroid dienone is 2. The first kappa shape index (κ1) is 21.7. The summed E-state index contributed by atoms with van der Waals surface area (Å²) in [6, 6.07) is 2.01. The van der Waals surface area contributed by atoms with E-state index >= 15 is 0 Å². The smallest absolute Gasteiger partial charge is 0.313 e. The highest BCUT2D eigenvalue weighted by Crippen LogP contribution is 2.55. The molecular formula is C25H36O4. The molecule has 0 bridgehead atoms. The standard InChI is InChI=1S/C25H36O4/c1-7-8-9-10-16-14-19-20(22(26)21(16)24(3,4)23(27)28)17-13-15(2)11-12-18(17)25(5,6)29-19/h13-14,17-18,26H,7-12H2,1-6H3,(H,27,28)/t17-,18-/m1/s1. The molecule has 2 N–H and O–H groups in total. The monoisotopic (exact) mass is 400 g/mol. The lowest BCUT2D eigenvalue weighted by Crippen LogP contribution is -2.45. The number of carbonyl (C=O) groups is 1. The average Bonchev–Trinajstić information content (AvgIpc) is 2.60. The lowest BCUT2D eigenvalue weighted by Gasteiger charge is -2.47. The largest absolute Gasteiger partial charge is 0.507 e. The summed E-state index contributed by atoms with van der Waals surface area (Å²) in [7, 11) is 0. The van der Waals surface area contributed by atoms with Gasteiger partial charge in [0, 0.05) is 23.0 Å². The number of phenols is 1. The van der Waals surface area contributed by atoms with Gasteiger partial charge in [0.15, 0.2) is 0 Å². The molecule has 2 atom stereocenters. The van der Waals surface area contributed by atoms with Crippen LogP contribution in [0.5, 0.6) is 11.5 Å². The van der Waals surface area contributed by atoms with Crippen molar-refractivity contribution in [2.75, 3.05) is 0 Å². The van der Waals surface area contributed by atoms with Crippen molar-refractivity contribution >= 4 is 5.97 Å². The van der Waals surface area contributed by atoms with E-state index in [9.17, 15) is 15.0 Å². The summed E-state index contributed by atoms with van der Waals surface area (Å²) >= 11 is 0. The van der Waals surface area contributed by atoms with Crippen LogP contribution in [-0.2, 0) is 16.6 Å². The van der Waals surface area contributed by atoms with Gasteiger partial charge in [0.05, 0.1) is 5.41 Å². The van der Waals surface area contributed by atoms with Crippen molar-refractivity contribution in [2.45, 2.75) is 97.0 Å². The lowest BCUT2D eigenvalue weighted by atomic mass is 9.66. The summed E-state index contributed by atoms with van der Waals surface area (Å²) in [6.45, 7) is 11.9. The van der Waals surface area contributed by atoms with E-state index in [0.717, 1.165) is 55.4 Å². The van der Waals surface area contributed by atoms with Crippen molar-refractivity contribution in [3.63, 3.8) is 0 Å². The molecule has 4 heteroatoms. The number of aliphatic carboxylic acids is 1. The normalized spacial score (nSPS) is 22.9. The van der Waals surface area contributed by atoms with Crippen LogP contribution in [-0.4, -0.2) is 21.8 Å². The minimum atomic E-state index is -1.17. The fourth-order valence-corrected chi connectivity index (χ4v) is 5.18. The Kier molecular flexibility index (Phi) is 5.77. The maximum absolute atomic E-state index is 12.1. The Balaban J connectivity index is 2.24. The predicted molar refractivity (Wildman–Crippen MR) is 116 cm³/mol. The van der Waals surface area contributed by atoms with Crippen LogP contribution in [0.25, 0.3) is 0 Å². The second-order valence-corrected chi connectivity index (χ2v) is 9.95. The molecule has 29 heavy (non-hydrogen) atoms. The van der Waals surface area contributed by atoms with Gasteiger partial charge in [-0.05, 0) is 71.9 Å². The third kappa shape index (κ3) is 3.78. The van der Waals surface area contributed by atoms with E-state index in [-0.39, 0.29) is 23.2 Å². The fourth-order valence-electron chi connectivity index (χ4n) is 5.18. The summed E-state index contributed by atoms with van der Waals surface area (Å²) in [4.78, 5) is 12.1. The maximum atomic E-state index is 12.1. The highest BCUT2D eigenvalue weighted by Gasteiger charge is 2.47. The highest BCUT2D eigenvalue weighted by atomic mass is 16.5. The Morgan fingerprint density at radius 1 is 1.31 bits per heavy atom. The van der Waals surface area contributed by atoms with Crippen LogP contribution < -0.4 is 4.74 Å². The minimum Gasteiger partial charge on any atom is -0.507 e. The highest BCUT2D eigenvalue weighted by molar-refractivity contribution is 5.83. The molecule has 2 aliphatic rings. The summed E-state index contributed by atoms with van der Waals surface area (Å²) in [5, 5.41) is 21.4. The van der Waals surface area contributed by atoms with Crippen molar-refractivity contribution in [3.05, 3.63) is 34.4 Å². The second-order valence-electron chi connectivity index (χ2n) is 9.95. The SMILES string of the molecule is CCCCCc1cc2c(c(O)c1C(C)(C)C(=O)O)[C@@H]1C=C(C)CC[C@H]1C(C)(C)O2. The molecule has 0 amide bonds. The van der Waals surface area contributed by atoms with Gasteiger partial charge in [-0.3, -0.25) is 4.79 Å². The van der Waals surface area contributed by atoms with Gasteiger partial charge in [-0.1, -0.05) is 31.4 Å². The first-order valence-electron chi connectivity index (χ1n) is 11.0. The first-order valence-corrected chi connectivity index (χ1v) is 11.0. The van der Waals surface area contributed by atoms with Gasteiger partial charge in [-0.2, -0.15) is 0 Å². The number of fused-ring (bicyclic) bond motifs is 3. The number of hydrogen-bond acceptors (Lipinski definition) is 3. The van der Waals surface area contributed by atoms with Crippen molar-refractivity contribution in [1.29, 1.82) is 0 Å². The van der Waals surface area contributed by atoms with Gasteiger partial charge in [0.2, 0.25) is 0 Å².